The van der Waals surface area contributed by atoms with E-state index >= 15 is 0 Å². The number of hydrogen-bond acceptors (Lipinski definition) is 4. The molecule has 3 amide bonds. The van der Waals surface area contributed by atoms with Crippen molar-refractivity contribution in [2.45, 2.75) is 50.6 Å². The number of amides is 3. The predicted molar refractivity (Wildman–Crippen MR) is 133 cm³/mol. The Morgan fingerprint density at radius 1 is 0.950 bits per heavy atom. The molecule has 216 valence electrons. The molecule has 0 aromatic heterocycles. The molecule has 0 spiro atoms. The van der Waals surface area contributed by atoms with Crippen molar-refractivity contribution >= 4 is 33.8 Å². The van der Waals surface area contributed by atoms with Crippen LogP contribution in [0.3, 0.4) is 0 Å². The molecule has 0 unspecified atom stereocenters. The van der Waals surface area contributed by atoms with Crippen molar-refractivity contribution in [2.24, 2.45) is 0 Å². The van der Waals surface area contributed by atoms with Gasteiger partial charge in [0.15, 0.2) is 0 Å². The van der Waals surface area contributed by atoms with Crippen LogP contribution in [0.1, 0.15) is 35.1 Å². The number of hydrogen-bond donors (Lipinski definition) is 0. The quantitative estimate of drug-likeness (QED) is 0.314. The van der Waals surface area contributed by atoms with Gasteiger partial charge in [-0.15, -0.1) is 0 Å². The first kappa shape index (κ1) is 29.7. The highest BCUT2D eigenvalue weighted by Crippen LogP contribution is 2.36. The minimum absolute atomic E-state index is 0.0101. The summed E-state index contributed by atoms with van der Waals surface area (Å²) in [6.07, 6.45) is -11.9. The molecule has 2 saturated heterocycles. The zero-order valence-electron chi connectivity index (χ0n) is 20.8. The van der Waals surface area contributed by atoms with E-state index in [2.05, 4.69) is 15.9 Å². The number of benzene rings is 2. The van der Waals surface area contributed by atoms with E-state index in [1.54, 1.807) is 12.1 Å². The third-order valence-electron chi connectivity index (χ3n) is 6.69. The van der Waals surface area contributed by atoms with Crippen molar-refractivity contribution in [1.29, 1.82) is 0 Å². The molecule has 0 aliphatic carbocycles. The highest BCUT2D eigenvalue weighted by molar-refractivity contribution is 9.09. The van der Waals surface area contributed by atoms with Crippen LogP contribution in [0.25, 0.3) is 0 Å². The van der Waals surface area contributed by atoms with E-state index in [9.17, 15) is 40.7 Å². The fourth-order valence-corrected chi connectivity index (χ4v) is 5.28. The maximum absolute atomic E-state index is 13.3. The Kier molecular flexibility index (Phi) is 8.66. The van der Waals surface area contributed by atoms with E-state index in [1.165, 1.54) is 14.7 Å². The molecule has 2 aromatic rings. The normalized spacial score (nSPS) is 20.0. The first-order valence-corrected chi connectivity index (χ1v) is 13.3. The Hall–Kier alpha value is -3.29. The Balaban J connectivity index is 1.57. The number of carbonyl (C=O) groups is 3. The number of nitrogens with zero attached hydrogens (tertiary/aromatic N) is 3. The van der Waals surface area contributed by atoms with Crippen molar-refractivity contribution < 1.29 is 45.5 Å². The second-order valence-electron chi connectivity index (χ2n) is 9.39. The van der Waals surface area contributed by atoms with Gasteiger partial charge in [-0.25, -0.2) is 4.79 Å². The molecule has 0 bridgehead atoms. The molecule has 2 atom stereocenters. The molecule has 2 aliphatic heterocycles. The van der Waals surface area contributed by atoms with Crippen LogP contribution in [0.2, 0.25) is 0 Å². The SMILES string of the molecule is O=C1[C@H](CCBr)N2C(=O)CCN(C(=O)OCc3cc(C(F)(F)F)cc(C(F)(F)F)c3)[C@H]2CN1Cc1ccccc1. The van der Waals surface area contributed by atoms with Crippen molar-refractivity contribution in [2.75, 3.05) is 18.4 Å². The van der Waals surface area contributed by atoms with E-state index in [0.29, 0.717) is 17.5 Å². The fourth-order valence-electron chi connectivity index (χ4n) is 4.85. The summed E-state index contributed by atoms with van der Waals surface area (Å²) < 4.78 is 84.5. The smallest absolute Gasteiger partial charge is 0.416 e. The van der Waals surface area contributed by atoms with Gasteiger partial charge in [-0.05, 0) is 35.7 Å². The van der Waals surface area contributed by atoms with Gasteiger partial charge in [-0.1, -0.05) is 46.3 Å². The third-order valence-corrected chi connectivity index (χ3v) is 7.15. The van der Waals surface area contributed by atoms with Gasteiger partial charge in [0.05, 0.1) is 17.7 Å². The summed E-state index contributed by atoms with van der Waals surface area (Å²) >= 11 is 3.30. The van der Waals surface area contributed by atoms with Gasteiger partial charge >= 0.3 is 18.4 Å². The van der Waals surface area contributed by atoms with Crippen molar-refractivity contribution in [1.82, 2.24) is 14.7 Å². The van der Waals surface area contributed by atoms with Crippen LogP contribution in [0.15, 0.2) is 48.5 Å². The minimum atomic E-state index is -5.05. The van der Waals surface area contributed by atoms with E-state index in [-0.39, 0.29) is 50.4 Å². The number of alkyl halides is 7. The first-order chi connectivity index (χ1) is 18.8. The highest BCUT2D eigenvalue weighted by atomic mass is 79.9. The topological polar surface area (TPSA) is 70.2 Å². The van der Waals surface area contributed by atoms with E-state index in [0.717, 1.165) is 5.56 Å². The molecule has 40 heavy (non-hydrogen) atoms. The van der Waals surface area contributed by atoms with Crippen LogP contribution in [0, 0.1) is 0 Å². The number of halogens is 7. The Bertz CT molecular complexity index is 1220. The minimum Gasteiger partial charge on any atom is -0.444 e. The fraction of sp³-hybridized carbons (Fsp3) is 0.423. The Morgan fingerprint density at radius 3 is 2.15 bits per heavy atom. The monoisotopic (exact) mass is 635 g/mol. The molecule has 7 nitrogen and oxygen atoms in total. The molecule has 2 fully saturated rings. The largest absolute Gasteiger partial charge is 0.444 e. The summed E-state index contributed by atoms with van der Waals surface area (Å²) in [5.41, 5.74) is -2.73. The van der Waals surface area contributed by atoms with E-state index in [4.69, 9.17) is 4.74 Å². The molecule has 0 saturated carbocycles. The maximum Gasteiger partial charge on any atom is 0.416 e. The number of carbonyl (C=O) groups excluding carboxylic acids is 3. The average molecular weight is 636 g/mol. The van der Waals surface area contributed by atoms with E-state index < -0.39 is 54.0 Å². The zero-order chi connectivity index (χ0) is 29.2. The summed E-state index contributed by atoms with van der Waals surface area (Å²) in [5.74, 6) is -0.646. The summed E-state index contributed by atoms with van der Waals surface area (Å²) in [4.78, 5) is 43.4. The summed E-state index contributed by atoms with van der Waals surface area (Å²) in [6, 6.07) is 9.16. The molecule has 14 heteroatoms. The third kappa shape index (κ3) is 6.53. The summed E-state index contributed by atoms with van der Waals surface area (Å²) in [7, 11) is 0. The lowest BCUT2D eigenvalue weighted by atomic mass is 10.0. The van der Waals surface area contributed by atoms with Gasteiger partial charge in [0.25, 0.3) is 0 Å². The van der Waals surface area contributed by atoms with Crippen LogP contribution in [0.4, 0.5) is 31.1 Å². The number of ether oxygens (including phenoxy) is 1. The highest BCUT2D eigenvalue weighted by Gasteiger charge is 2.49. The molecule has 2 aliphatic rings. The van der Waals surface area contributed by atoms with Crippen molar-refractivity contribution in [3.63, 3.8) is 0 Å². The lowest BCUT2D eigenvalue weighted by Crippen LogP contribution is -2.71. The van der Waals surface area contributed by atoms with Crippen LogP contribution >= 0.6 is 15.9 Å². The number of rotatable bonds is 6. The van der Waals surface area contributed by atoms with Crippen LogP contribution in [0.5, 0.6) is 0 Å². The van der Waals surface area contributed by atoms with Crippen LogP contribution in [-0.4, -0.2) is 63.2 Å². The second-order valence-corrected chi connectivity index (χ2v) is 10.2. The van der Waals surface area contributed by atoms with E-state index in [1.807, 2.05) is 18.2 Å². The predicted octanol–water partition coefficient (Wildman–Crippen LogP) is 5.42. The lowest BCUT2D eigenvalue weighted by molar-refractivity contribution is -0.168. The van der Waals surface area contributed by atoms with Gasteiger partial charge < -0.3 is 14.5 Å². The standard InChI is InChI=1S/C26H24BrF6N3O4/c27-8-6-20-23(38)34(13-16-4-2-1-3-5-16)14-21-35(9-7-22(37)36(20)21)24(39)40-15-17-10-18(25(28,29)30)12-19(11-17)26(31,32)33/h1-5,10-12,20-21H,6-9,13-15H2/t20-,21+/m0/s1. The molecule has 4 rings (SSSR count). The number of piperazine rings is 1. The van der Waals surface area contributed by atoms with Crippen molar-refractivity contribution in [3.8, 4) is 0 Å². The van der Waals surface area contributed by atoms with Gasteiger partial charge in [0.2, 0.25) is 11.8 Å². The molecule has 0 N–H and O–H groups in total. The first-order valence-electron chi connectivity index (χ1n) is 12.2. The maximum atomic E-state index is 13.3. The molecule has 2 heterocycles. The summed E-state index contributed by atoms with van der Waals surface area (Å²) in [6.45, 7) is -0.788. The van der Waals surface area contributed by atoms with Crippen LogP contribution in [-0.2, 0) is 39.8 Å². The Labute approximate surface area is 233 Å². The second kappa shape index (κ2) is 11.7. The van der Waals surface area contributed by atoms with Gasteiger partial charge in [0.1, 0.15) is 18.8 Å². The van der Waals surface area contributed by atoms with Gasteiger partial charge in [-0.3, -0.25) is 14.5 Å². The average Bonchev–Trinajstić information content (AvgIpc) is 2.89. The number of fused-ring (bicyclic) bond motifs is 1. The molecule has 0 radical (unpaired) electrons. The molecule has 2 aromatic carbocycles. The van der Waals surface area contributed by atoms with Crippen molar-refractivity contribution in [3.05, 3.63) is 70.8 Å². The summed E-state index contributed by atoms with van der Waals surface area (Å²) in [5, 5.41) is 0.389. The van der Waals surface area contributed by atoms with Gasteiger partial charge in [-0.2, -0.15) is 26.3 Å². The Morgan fingerprint density at radius 2 is 1.57 bits per heavy atom. The zero-order valence-corrected chi connectivity index (χ0v) is 22.4. The molecular weight excluding hydrogens is 612 g/mol. The molecular formula is C26H24BrF6N3O4. The van der Waals surface area contributed by atoms with Crippen LogP contribution < -0.4 is 0 Å². The lowest BCUT2D eigenvalue weighted by Gasteiger charge is -2.51. The van der Waals surface area contributed by atoms with Gasteiger partial charge in [0, 0.05) is 24.8 Å².